The van der Waals surface area contributed by atoms with Crippen molar-refractivity contribution in [2.24, 2.45) is 7.05 Å². The molecule has 17 heavy (non-hydrogen) atoms. The van der Waals surface area contributed by atoms with Crippen LogP contribution in [0.1, 0.15) is 10.5 Å². The molecule has 1 aromatic heterocycles. The van der Waals surface area contributed by atoms with Crippen LogP contribution in [-0.2, 0) is 7.05 Å². The van der Waals surface area contributed by atoms with Crippen LogP contribution >= 0.6 is 15.9 Å². The van der Waals surface area contributed by atoms with Crippen molar-refractivity contribution < 1.29 is 4.79 Å². The number of piperazine rings is 3. The van der Waals surface area contributed by atoms with Gasteiger partial charge in [0.2, 0.25) is 5.78 Å². The summed E-state index contributed by atoms with van der Waals surface area (Å²) in [4.78, 5) is 17.1. The molecular formula is C10H14BrN5O. The quantitative estimate of drug-likeness (QED) is 0.706. The van der Waals surface area contributed by atoms with Crippen molar-refractivity contribution in [2.75, 3.05) is 32.7 Å². The molecule has 4 rings (SSSR count). The van der Waals surface area contributed by atoms with Crippen LogP contribution in [0, 0.1) is 0 Å². The van der Waals surface area contributed by atoms with Crippen LogP contribution in [-0.4, -0.2) is 69.3 Å². The van der Waals surface area contributed by atoms with Gasteiger partial charge in [-0.15, -0.1) is 5.10 Å². The molecule has 2 bridgehead atoms. The van der Waals surface area contributed by atoms with Gasteiger partial charge < -0.3 is 0 Å². The van der Waals surface area contributed by atoms with Gasteiger partial charge in [-0.1, -0.05) is 5.21 Å². The van der Waals surface area contributed by atoms with Crippen molar-refractivity contribution in [3.63, 3.8) is 0 Å². The minimum absolute atomic E-state index is 0.0361. The number of hydrogen-bond acceptors (Lipinski definition) is 5. The lowest BCUT2D eigenvalue weighted by Crippen LogP contribution is -2.63. The normalized spacial score (nSPS) is 31.8. The second-order valence-electron chi connectivity index (χ2n) is 4.57. The Bertz CT molecular complexity index is 432. The third-order valence-electron chi connectivity index (χ3n) is 3.60. The lowest BCUT2D eigenvalue weighted by molar-refractivity contribution is 0.0154. The van der Waals surface area contributed by atoms with Gasteiger partial charge in [0.05, 0.1) is 6.04 Å². The van der Waals surface area contributed by atoms with Crippen molar-refractivity contribution in [1.82, 2.24) is 24.8 Å². The number of rotatable bonds is 2. The summed E-state index contributed by atoms with van der Waals surface area (Å²) in [7, 11) is 1.75. The van der Waals surface area contributed by atoms with Gasteiger partial charge in [-0.25, -0.2) is 4.68 Å². The second kappa shape index (κ2) is 4.15. The molecular weight excluding hydrogens is 286 g/mol. The molecule has 1 aromatic rings. The fraction of sp³-hybridized carbons (Fsp3) is 0.700. The summed E-state index contributed by atoms with van der Waals surface area (Å²) in [5, 5.41) is 7.73. The van der Waals surface area contributed by atoms with E-state index < -0.39 is 0 Å². The van der Waals surface area contributed by atoms with Crippen LogP contribution in [0.3, 0.4) is 0 Å². The summed E-state index contributed by atoms with van der Waals surface area (Å²) in [5.41, 5.74) is 0.573. The number of fused-ring (bicyclic) bond motifs is 3. The molecule has 4 heterocycles. The molecule has 6 nitrogen and oxygen atoms in total. The maximum atomic E-state index is 12.5. The largest absolute Gasteiger partial charge is 0.299 e. The molecule has 0 N–H and O–H groups in total. The minimum Gasteiger partial charge on any atom is -0.299 e. The van der Waals surface area contributed by atoms with Gasteiger partial charge in [0, 0.05) is 39.8 Å². The van der Waals surface area contributed by atoms with E-state index in [1.165, 1.54) is 0 Å². The Kier molecular flexibility index (Phi) is 2.76. The average molecular weight is 300 g/mol. The number of Topliss-reactive ketones (excluding diaryl/α,β-unsaturated/α-hetero) is 1. The van der Waals surface area contributed by atoms with Crippen molar-refractivity contribution in [3.05, 3.63) is 10.3 Å². The average Bonchev–Trinajstić information content (AvgIpc) is 2.70. The number of carbonyl (C=O) groups is 1. The smallest absolute Gasteiger partial charge is 0.202 e. The van der Waals surface area contributed by atoms with Crippen LogP contribution in [0.2, 0.25) is 0 Å². The summed E-state index contributed by atoms with van der Waals surface area (Å²) in [6.45, 7) is 4.96. The Morgan fingerprint density at radius 1 is 1.35 bits per heavy atom. The van der Waals surface area contributed by atoms with Gasteiger partial charge in [0.15, 0.2) is 4.60 Å². The molecule has 0 amide bonds. The highest BCUT2D eigenvalue weighted by Gasteiger charge is 2.38. The van der Waals surface area contributed by atoms with E-state index in [1.807, 2.05) is 0 Å². The van der Waals surface area contributed by atoms with E-state index in [-0.39, 0.29) is 11.8 Å². The predicted octanol–water partition coefficient (Wildman–Crippen LogP) is -0.240. The van der Waals surface area contributed by atoms with Crippen LogP contribution in [0.5, 0.6) is 0 Å². The predicted molar refractivity (Wildman–Crippen MR) is 64.8 cm³/mol. The minimum atomic E-state index is -0.0361. The van der Waals surface area contributed by atoms with E-state index in [1.54, 1.807) is 11.7 Å². The third-order valence-corrected chi connectivity index (χ3v) is 4.13. The van der Waals surface area contributed by atoms with E-state index >= 15 is 0 Å². The van der Waals surface area contributed by atoms with Crippen LogP contribution < -0.4 is 0 Å². The van der Waals surface area contributed by atoms with Gasteiger partial charge in [-0.3, -0.25) is 14.6 Å². The highest BCUT2D eigenvalue weighted by molar-refractivity contribution is 9.10. The number of nitrogens with zero attached hydrogens (tertiary/aromatic N) is 5. The molecule has 1 unspecified atom stereocenters. The van der Waals surface area contributed by atoms with E-state index in [0.717, 1.165) is 32.7 Å². The first-order valence-corrected chi connectivity index (χ1v) is 6.52. The van der Waals surface area contributed by atoms with E-state index in [9.17, 15) is 4.79 Å². The Morgan fingerprint density at radius 3 is 2.53 bits per heavy atom. The third kappa shape index (κ3) is 1.82. The Balaban J connectivity index is 1.88. The van der Waals surface area contributed by atoms with Crippen molar-refractivity contribution in [2.45, 2.75) is 6.04 Å². The number of aryl methyl sites for hydroxylation is 1. The molecule has 0 aromatic carbocycles. The first-order chi connectivity index (χ1) is 8.16. The molecule has 92 valence electrons. The van der Waals surface area contributed by atoms with Crippen LogP contribution in [0.15, 0.2) is 4.60 Å². The Hall–Kier alpha value is -0.790. The topological polar surface area (TPSA) is 54.3 Å². The van der Waals surface area contributed by atoms with Gasteiger partial charge >= 0.3 is 0 Å². The number of hydrogen-bond donors (Lipinski definition) is 0. The van der Waals surface area contributed by atoms with Gasteiger partial charge in [0.1, 0.15) is 5.69 Å². The number of halogens is 1. The highest BCUT2D eigenvalue weighted by atomic mass is 79.9. The first-order valence-electron chi connectivity index (χ1n) is 5.72. The van der Waals surface area contributed by atoms with Crippen molar-refractivity contribution >= 4 is 21.7 Å². The summed E-state index contributed by atoms with van der Waals surface area (Å²) >= 11 is 3.29. The molecule has 7 heteroatoms. The second-order valence-corrected chi connectivity index (χ2v) is 5.32. The molecule has 0 radical (unpaired) electrons. The highest BCUT2D eigenvalue weighted by Crippen LogP contribution is 2.21. The molecule has 1 atom stereocenters. The number of carbonyl (C=O) groups excluding carboxylic acids is 1. The molecule has 3 fully saturated rings. The summed E-state index contributed by atoms with van der Waals surface area (Å²) in [6.07, 6.45) is 0. The SMILES string of the molecule is Cn1nnc(Br)c1C(=O)C1CN2CCN1CC2. The first kappa shape index (κ1) is 11.3. The van der Waals surface area contributed by atoms with Gasteiger partial charge in [-0.2, -0.15) is 0 Å². The monoisotopic (exact) mass is 299 g/mol. The Morgan fingerprint density at radius 2 is 2.06 bits per heavy atom. The molecule has 3 saturated heterocycles. The fourth-order valence-corrected chi connectivity index (χ4v) is 3.14. The van der Waals surface area contributed by atoms with E-state index in [4.69, 9.17) is 0 Å². The lowest BCUT2D eigenvalue weighted by atomic mass is 10.0. The summed E-state index contributed by atoms with van der Waals surface area (Å²) < 4.78 is 2.09. The van der Waals surface area contributed by atoms with Gasteiger partial charge in [-0.05, 0) is 15.9 Å². The van der Waals surface area contributed by atoms with E-state index in [2.05, 4.69) is 36.0 Å². The van der Waals surface area contributed by atoms with E-state index in [0.29, 0.717) is 10.3 Å². The van der Waals surface area contributed by atoms with Crippen molar-refractivity contribution in [3.8, 4) is 0 Å². The number of ketones is 1. The Labute approximate surface area is 108 Å². The standard InChI is InChI=1S/C10H14BrN5O/c1-14-8(10(11)12-13-14)9(17)7-6-15-2-4-16(7)5-3-15/h7H,2-6H2,1H3. The van der Waals surface area contributed by atoms with Crippen molar-refractivity contribution in [1.29, 1.82) is 0 Å². The molecule has 0 aliphatic carbocycles. The molecule has 3 aliphatic rings. The lowest BCUT2D eigenvalue weighted by Gasteiger charge is -2.46. The van der Waals surface area contributed by atoms with Gasteiger partial charge in [0.25, 0.3) is 0 Å². The molecule has 0 saturated carbocycles. The fourth-order valence-electron chi connectivity index (χ4n) is 2.62. The van der Waals surface area contributed by atoms with Crippen LogP contribution in [0.4, 0.5) is 0 Å². The zero-order chi connectivity index (χ0) is 12.0. The zero-order valence-electron chi connectivity index (χ0n) is 9.64. The summed E-state index contributed by atoms with van der Waals surface area (Å²) in [5.74, 6) is 0.119. The molecule has 0 spiro atoms. The number of aromatic nitrogens is 3. The van der Waals surface area contributed by atoms with Crippen LogP contribution in [0.25, 0.3) is 0 Å². The zero-order valence-corrected chi connectivity index (χ0v) is 11.2. The maximum absolute atomic E-state index is 12.5. The summed E-state index contributed by atoms with van der Waals surface area (Å²) in [6, 6.07) is -0.0361. The molecule has 3 aliphatic heterocycles. The maximum Gasteiger partial charge on any atom is 0.202 e.